The van der Waals surface area contributed by atoms with Crippen LogP contribution < -0.4 is 4.74 Å². The molecule has 1 saturated heterocycles. The van der Waals surface area contributed by atoms with Gasteiger partial charge in [0.15, 0.2) is 0 Å². The van der Waals surface area contributed by atoms with Crippen LogP contribution in [0.15, 0.2) is 35.2 Å². The minimum absolute atomic E-state index is 0.0996. The van der Waals surface area contributed by atoms with Crippen LogP contribution in [0.2, 0.25) is 0 Å². The van der Waals surface area contributed by atoms with Crippen LogP contribution in [0.4, 0.5) is 0 Å². The quantitative estimate of drug-likeness (QED) is 0.661. The predicted molar refractivity (Wildman–Crippen MR) is 99.4 cm³/mol. The van der Waals surface area contributed by atoms with Gasteiger partial charge in [0.05, 0.1) is 18.1 Å². The summed E-state index contributed by atoms with van der Waals surface area (Å²) in [4.78, 5) is 23.5. The molecule has 1 aliphatic rings. The van der Waals surface area contributed by atoms with E-state index in [4.69, 9.17) is 9.15 Å². The lowest BCUT2D eigenvalue weighted by Gasteiger charge is -2.19. The van der Waals surface area contributed by atoms with Crippen LogP contribution in [0.5, 0.6) is 5.88 Å². The first-order valence-corrected chi connectivity index (χ1v) is 9.56. The molecule has 0 unspecified atom stereocenters. The van der Waals surface area contributed by atoms with E-state index in [-0.39, 0.29) is 11.9 Å². The van der Waals surface area contributed by atoms with E-state index in [1.165, 1.54) is 4.88 Å². The molecule has 0 aliphatic carbocycles. The molecule has 0 bridgehead atoms. The summed E-state index contributed by atoms with van der Waals surface area (Å²) in [6.45, 7) is 5.49. The van der Waals surface area contributed by atoms with E-state index >= 15 is 0 Å². The van der Waals surface area contributed by atoms with E-state index in [1.807, 2.05) is 18.3 Å². The van der Waals surface area contributed by atoms with Gasteiger partial charge in [0.1, 0.15) is 22.5 Å². The Morgan fingerprint density at radius 2 is 2.31 bits per heavy atom. The van der Waals surface area contributed by atoms with Gasteiger partial charge in [-0.25, -0.2) is 9.97 Å². The number of fused-ring (bicyclic) bond motifs is 1. The third-order valence-electron chi connectivity index (χ3n) is 4.65. The summed E-state index contributed by atoms with van der Waals surface area (Å²) in [5.74, 6) is 0.784. The van der Waals surface area contributed by atoms with Gasteiger partial charge in [-0.1, -0.05) is 0 Å². The molecule has 136 valence electrons. The zero-order valence-corrected chi connectivity index (χ0v) is 15.7. The van der Waals surface area contributed by atoms with Crippen molar-refractivity contribution in [1.82, 2.24) is 14.9 Å². The number of rotatable bonds is 6. The zero-order valence-electron chi connectivity index (χ0n) is 14.8. The average Bonchev–Trinajstić information content (AvgIpc) is 3.29. The Morgan fingerprint density at radius 1 is 1.42 bits per heavy atom. The number of nitrogens with zero attached hydrogens (tertiary/aromatic N) is 3. The number of carbonyl (C=O) groups excluding carboxylic acids is 1. The molecule has 3 aromatic rings. The summed E-state index contributed by atoms with van der Waals surface area (Å²) >= 11 is 1.62. The van der Waals surface area contributed by atoms with Crippen LogP contribution in [0.25, 0.3) is 11.0 Å². The molecule has 4 heterocycles. The second-order valence-electron chi connectivity index (χ2n) is 6.80. The zero-order chi connectivity index (χ0) is 18.1. The lowest BCUT2D eigenvalue weighted by molar-refractivity contribution is -0.116. The number of hydrogen-bond donors (Lipinski definition) is 0. The molecule has 0 amide bonds. The van der Waals surface area contributed by atoms with Crippen LogP contribution >= 0.6 is 11.3 Å². The molecule has 1 fully saturated rings. The molecule has 0 saturated carbocycles. The highest BCUT2D eigenvalue weighted by Crippen LogP contribution is 2.29. The Balaban J connectivity index is 1.40. The lowest BCUT2D eigenvalue weighted by atomic mass is 10.2. The van der Waals surface area contributed by atoms with Crippen molar-refractivity contribution in [2.24, 2.45) is 0 Å². The first-order chi connectivity index (χ1) is 12.6. The Labute approximate surface area is 155 Å². The number of pyridine rings is 1. The molecular formula is C19H21N3O3S. The second kappa shape index (κ2) is 7.17. The Kier molecular flexibility index (Phi) is 4.74. The van der Waals surface area contributed by atoms with Gasteiger partial charge in [-0.3, -0.25) is 9.69 Å². The summed E-state index contributed by atoms with van der Waals surface area (Å²) < 4.78 is 11.6. The largest absolute Gasteiger partial charge is 0.472 e. The maximum atomic E-state index is 11.2. The number of aromatic nitrogens is 2. The monoisotopic (exact) mass is 371 g/mol. The molecule has 1 aliphatic heterocycles. The smallest absolute Gasteiger partial charge is 0.224 e. The highest BCUT2D eigenvalue weighted by atomic mass is 32.1. The number of furan rings is 1. The van der Waals surface area contributed by atoms with Crippen LogP contribution in [-0.4, -0.2) is 39.3 Å². The second-order valence-corrected chi connectivity index (χ2v) is 8.00. The number of likely N-dealkylation sites (tertiary alicyclic amines) is 1. The van der Waals surface area contributed by atoms with Crippen molar-refractivity contribution in [3.8, 4) is 5.88 Å². The van der Waals surface area contributed by atoms with E-state index in [0.29, 0.717) is 18.3 Å². The Bertz CT molecular complexity index is 920. The van der Waals surface area contributed by atoms with Crippen molar-refractivity contribution >= 4 is 28.1 Å². The van der Waals surface area contributed by atoms with Gasteiger partial charge in [0.25, 0.3) is 0 Å². The number of hydrogen-bond acceptors (Lipinski definition) is 7. The number of ether oxygens (including phenoxy) is 1. The summed E-state index contributed by atoms with van der Waals surface area (Å²) in [5, 5.41) is 1.80. The van der Waals surface area contributed by atoms with Gasteiger partial charge in [-0.05, 0) is 26.0 Å². The fraction of sp³-hybridized carbons (Fsp3) is 0.421. The standard InChI is InChI=1S/C19H21N3O3S/c1-12-7-14(25-19-16-4-6-24-17(16)3-5-20-19)10-22(12)11-15-9-21-18(26-15)8-13(2)23/h3-6,9,12,14H,7-8,10-11H2,1-2H3/t12-,14+/m0/s1. The molecular weight excluding hydrogens is 350 g/mol. The number of carbonyl (C=O) groups is 1. The molecule has 2 atom stereocenters. The molecule has 0 spiro atoms. The van der Waals surface area contributed by atoms with Gasteiger partial charge in [0, 0.05) is 42.8 Å². The van der Waals surface area contributed by atoms with E-state index in [1.54, 1.807) is 30.7 Å². The highest BCUT2D eigenvalue weighted by molar-refractivity contribution is 7.11. The minimum Gasteiger partial charge on any atom is -0.472 e. The van der Waals surface area contributed by atoms with Crippen molar-refractivity contribution in [2.75, 3.05) is 6.54 Å². The fourth-order valence-corrected chi connectivity index (χ4v) is 4.41. The van der Waals surface area contributed by atoms with Gasteiger partial charge < -0.3 is 9.15 Å². The first kappa shape index (κ1) is 17.2. The predicted octanol–water partition coefficient (Wildman–Crippen LogP) is 3.46. The Morgan fingerprint density at radius 3 is 3.15 bits per heavy atom. The van der Waals surface area contributed by atoms with Crippen molar-refractivity contribution in [3.63, 3.8) is 0 Å². The molecule has 7 heteroatoms. The summed E-state index contributed by atoms with van der Waals surface area (Å²) in [6, 6.07) is 4.15. The van der Waals surface area contributed by atoms with E-state index in [9.17, 15) is 4.79 Å². The summed E-state index contributed by atoms with van der Waals surface area (Å²) in [7, 11) is 0. The Hall–Kier alpha value is -2.25. The topological polar surface area (TPSA) is 68.5 Å². The van der Waals surface area contributed by atoms with Crippen LogP contribution in [0.3, 0.4) is 0 Å². The molecule has 6 nitrogen and oxygen atoms in total. The van der Waals surface area contributed by atoms with Crippen molar-refractivity contribution < 1.29 is 13.9 Å². The maximum absolute atomic E-state index is 11.2. The van der Waals surface area contributed by atoms with E-state index in [0.717, 1.165) is 35.5 Å². The van der Waals surface area contributed by atoms with Gasteiger partial charge in [0.2, 0.25) is 5.88 Å². The van der Waals surface area contributed by atoms with Crippen molar-refractivity contribution in [2.45, 2.75) is 45.4 Å². The van der Waals surface area contributed by atoms with E-state index in [2.05, 4.69) is 21.8 Å². The highest BCUT2D eigenvalue weighted by Gasteiger charge is 2.31. The van der Waals surface area contributed by atoms with Crippen molar-refractivity contribution in [3.05, 3.63) is 40.7 Å². The average molecular weight is 371 g/mol. The molecule has 3 aromatic heterocycles. The van der Waals surface area contributed by atoms with Gasteiger partial charge in [-0.15, -0.1) is 11.3 Å². The molecule has 4 rings (SSSR count). The van der Waals surface area contributed by atoms with Gasteiger partial charge >= 0.3 is 0 Å². The molecule has 26 heavy (non-hydrogen) atoms. The van der Waals surface area contributed by atoms with Crippen LogP contribution in [0.1, 0.15) is 30.2 Å². The van der Waals surface area contributed by atoms with Crippen LogP contribution in [-0.2, 0) is 17.8 Å². The minimum atomic E-state index is 0.0996. The third kappa shape index (κ3) is 3.64. The normalized spacial score (nSPS) is 20.7. The summed E-state index contributed by atoms with van der Waals surface area (Å²) in [6.07, 6.45) is 6.73. The molecule has 0 aromatic carbocycles. The number of Topliss-reactive ketones (excluding diaryl/α,β-unsaturated/α-hetero) is 1. The third-order valence-corrected chi connectivity index (χ3v) is 5.63. The molecule has 0 radical (unpaired) electrons. The van der Waals surface area contributed by atoms with E-state index < -0.39 is 0 Å². The lowest BCUT2D eigenvalue weighted by Crippen LogP contribution is -2.27. The summed E-state index contributed by atoms with van der Waals surface area (Å²) in [5.41, 5.74) is 0.792. The van der Waals surface area contributed by atoms with Crippen LogP contribution in [0, 0.1) is 0 Å². The SMILES string of the molecule is CC(=O)Cc1ncc(CN2C[C@H](Oc3nccc4occc34)C[C@@H]2C)s1. The molecule has 0 N–H and O–H groups in total. The van der Waals surface area contributed by atoms with Gasteiger partial charge in [-0.2, -0.15) is 0 Å². The first-order valence-electron chi connectivity index (χ1n) is 8.74. The van der Waals surface area contributed by atoms with Crippen molar-refractivity contribution in [1.29, 1.82) is 0 Å². The number of thiazole rings is 1. The number of ketones is 1. The fourth-order valence-electron chi connectivity index (χ4n) is 3.39. The maximum Gasteiger partial charge on any atom is 0.224 e.